The molecule has 0 spiro atoms. The molecule has 0 unspecified atom stereocenters. The molecule has 0 aromatic carbocycles. The normalized spacial score (nSPS) is 11.9. The van der Waals surface area contributed by atoms with Crippen LogP contribution in [0.2, 0.25) is 0 Å². The standard InChI is InChI=1S/C8H6F3N3OS/c9-8(10,11)5-1-3-13-7(14-5)16-4-2-6(12)15/h1-4H,(H2,12,15)/b4-2-. The Morgan fingerprint density at radius 2 is 2.19 bits per heavy atom. The molecule has 16 heavy (non-hydrogen) atoms. The molecule has 0 saturated carbocycles. The van der Waals surface area contributed by atoms with E-state index in [9.17, 15) is 18.0 Å². The monoisotopic (exact) mass is 249 g/mol. The van der Waals surface area contributed by atoms with Crippen LogP contribution in [0.3, 0.4) is 0 Å². The van der Waals surface area contributed by atoms with Crippen molar-refractivity contribution in [3.05, 3.63) is 29.4 Å². The minimum absolute atomic E-state index is 0.104. The number of primary amides is 1. The van der Waals surface area contributed by atoms with E-state index in [4.69, 9.17) is 5.73 Å². The minimum atomic E-state index is -4.51. The number of amides is 1. The Bertz CT molecular complexity index is 419. The number of halogens is 3. The highest BCUT2D eigenvalue weighted by atomic mass is 32.2. The summed E-state index contributed by atoms with van der Waals surface area (Å²) in [6.45, 7) is 0. The van der Waals surface area contributed by atoms with Crippen LogP contribution in [0.25, 0.3) is 0 Å². The summed E-state index contributed by atoms with van der Waals surface area (Å²) >= 11 is 0.775. The molecule has 0 radical (unpaired) electrons. The topological polar surface area (TPSA) is 68.9 Å². The van der Waals surface area contributed by atoms with Gasteiger partial charge in [0.2, 0.25) is 5.91 Å². The largest absolute Gasteiger partial charge is 0.433 e. The van der Waals surface area contributed by atoms with Gasteiger partial charge in [0.1, 0.15) is 5.69 Å². The van der Waals surface area contributed by atoms with Crippen molar-refractivity contribution < 1.29 is 18.0 Å². The highest BCUT2D eigenvalue weighted by Crippen LogP contribution is 2.28. The van der Waals surface area contributed by atoms with Gasteiger partial charge in [-0.3, -0.25) is 4.79 Å². The van der Waals surface area contributed by atoms with E-state index in [2.05, 4.69) is 9.97 Å². The third-order valence-electron chi connectivity index (χ3n) is 1.33. The van der Waals surface area contributed by atoms with Crippen LogP contribution in [-0.2, 0) is 11.0 Å². The van der Waals surface area contributed by atoms with Crippen LogP contribution in [-0.4, -0.2) is 15.9 Å². The maximum absolute atomic E-state index is 12.2. The lowest BCUT2D eigenvalue weighted by Crippen LogP contribution is -2.08. The Hall–Kier alpha value is -1.57. The predicted molar refractivity (Wildman–Crippen MR) is 51.2 cm³/mol. The molecule has 1 amide bonds. The van der Waals surface area contributed by atoms with Crippen molar-refractivity contribution in [2.24, 2.45) is 5.73 Å². The van der Waals surface area contributed by atoms with Crippen LogP contribution >= 0.6 is 11.8 Å². The second-order valence-corrected chi connectivity index (χ2v) is 3.42. The van der Waals surface area contributed by atoms with Crippen LogP contribution in [0.5, 0.6) is 0 Å². The van der Waals surface area contributed by atoms with E-state index < -0.39 is 17.8 Å². The van der Waals surface area contributed by atoms with Crippen LogP contribution < -0.4 is 5.73 Å². The molecule has 1 heterocycles. The minimum Gasteiger partial charge on any atom is -0.366 e. The highest BCUT2D eigenvalue weighted by molar-refractivity contribution is 8.02. The molecule has 1 rings (SSSR count). The molecule has 1 aromatic heterocycles. The predicted octanol–water partition coefficient (Wildman–Crippen LogP) is 1.59. The van der Waals surface area contributed by atoms with Crippen molar-refractivity contribution in [2.75, 3.05) is 0 Å². The molecule has 0 bridgehead atoms. The van der Waals surface area contributed by atoms with Crippen molar-refractivity contribution in [2.45, 2.75) is 11.3 Å². The summed E-state index contributed by atoms with van der Waals surface area (Å²) in [6, 6.07) is 0.766. The lowest BCUT2D eigenvalue weighted by molar-refractivity contribution is -0.141. The first kappa shape index (κ1) is 12.5. The van der Waals surface area contributed by atoms with Crippen molar-refractivity contribution in [3.63, 3.8) is 0 Å². The van der Waals surface area contributed by atoms with E-state index in [1.165, 1.54) is 5.41 Å². The van der Waals surface area contributed by atoms with Gasteiger partial charge in [-0.25, -0.2) is 9.97 Å². The maximum atomic E-state index is 12.2. The van der Waals surface area contributed by atoms with Gasteiger partial charge < -0.3 is 5.73 Å². The lowest BCUT2D eigenvalue weighted by atomic mass is 10.4. The van der Waals surface area contributed by atoms with Gasteiger partial charge in [-0.15, -0.1) is 0 Å². The summed E-state index contributed by atoms with van der Waals surface area (Å²) in [7, 11) is 0. The smallest absolute Gasteiger partial charge is 0.366 e. The van der Waals surface area contributed by atoms with Crippen LogP contribution in [0.4, 0.5) is 13.2 Å². The Morgan fingerprint density at radius 1 is 1.50 bits per heavy atom. The summed E-state index contributed by atoms with van der Waals surface area (Å²) in [5.41, 5.74) is 3.77. The second kappa shape index (κ2) is 4.97. The van der Waals surface area contributed by atoms with Crippen molar-refractivity contribution >= 4 is 17.7 Å². The number of hydrogen-bond acceptors (Lipinski definition) is 4. The molecule has 0 fully saturated rings. The molecule has 1 aromatic rings. The Morgan fingerprint density at radius 3 is 2.75 bits per heavy atom. The van der Waals surface area contributed by atoms with Crippen LogP contribution in [0, 0.1) is 0 Å². The van der Waals surface area contributed by atoms with Gasteiger partial charge in [0.05, 0.1) is 0 Å². The van der Waals surface area contributed by atoms with Crippen LogP contribution in [0.15, 0.2) is 28.9 Å². The number of rotatable bonds is 3. The fraction of sp³-hybridized carbons (Fsp3) is 0.125. The van der Waals surface area contributed by atoms with Crippen LogP contribution in [0.1, 0.15) is 5.69 Å². The quantitative estimate of drug-likeness (QED) is 0.501. The van der Waals surface area contributed by atoms with Gasteiger partial charge in [-0.1, -0.05) is 11.8 Å². The third kappa shape index (κ3) is 3.89. The molecule has 4 nitrogen and oxygen atoms in total. The molecule has 0 aliphatic rings. The Kier molecular flexibility index (Phi) is 3.88. The Labute approximate surface area is 92.8 Å². The fourth-order valence-electron chi connectivity index (χ4n) is 0.717. The van der Waals surface area contributed by atoms with Crippen molar-refractivity contribution in [1.82, 2.24) is 9.97 Å². The number of aromatic nitrogens is 2. The Balaban J connectivity index is 2.79. The number of carbonyl (C=O) groups is 1. The first-order chi connectivity index (χ1) is 7.39. The first-order valence-corrected chi connectivity index (χ1v) is 4.80. The SMILES string of the molecule is NC(=O)/C=C\Sc1nccc(C(F)(F)F)n1. The van der Waals surface area contributed by atoms with E-state index in [0.717, 1.165) is 30.1 Å². The van der Waals surface area contributed by atoms with Crippen molar-refractivity contribution in [1.29, 1.82) is 0 Å². The fourth-order valence-corrected chi connectivity index (χ4v) is 1.31. The summed E-state index contributed by atoms with van der Waals surface area (Å²) < 4.78 is 36.7. The van der Waals surface area contributed by atoms with Gasteiger partial charge in [0.15, 0.2) is 5.16 Å². The summed E-state index contributed by atoms with van der Waals surface area (Å²) in [4.78, 5) is 17.2. The lowest BCUT2D eigenvalue weighted by Gasteiger charge is -2.05. The summed E-state index contributed by atoms with van der Waals surface area (Å²) in [5, 5.41) is 1.12. The van der Waals surface area contributed by atoms with E-state index in [0.29, 0.717) is 0 Å². The first-order valence-electron chi connectivity index (χ1n) is 3.92. The number of hydrogen-bond donors (Lipinski definition) is 1. The van der Waals surface area contributed by atoms with E-state index in [1.54, 1.807) is 0 Å². The summed E-state index contributed by atoms with van der Waals surface area (Å²) in [5.74, 6) is -0.695. The zero-order valence-corrected chi connectivity index (χ0v) is 8.55. The maximum Gasteiger partial charge on any atom is 0.433 e. The number of thioether (sulfide) groups is 1. The second-order valence-electron chi connectivity index (χ2n) is 2.55. The zero-order valence-electron chi connectivity index (χ0n) is 7.73. The molecule has 0 atom stereocenters. The number of carbonyl (C=O) groups excluding carboxylic acids is 1. The zero-order chi connectivity index (χ0) is 12.2. The molecule has 86 valence electrons. The molecule has 0 aliphatic carbocycles. The van der Waals surface area contributed by atoms with Gasteiger partial charge in [-0.05, 0) is 11.5 Å². The highest BCUT2D eigenvalue weighted by Gasteiger charge is 2.32. The van der Waals surface area contributed by atoms with Gasteiger partial charge in [-0.2, -0.15) is 13.2 Å². The average Bonchev–Trinajstić information content (AvgIpc) is 2.16. The average molecular weight is 249 g/mol. The van der Waals surface area contributed by atoms with E-state index in [-0.39, 0.29) is 5.16 Å². The molecular weight excluding hydrogens is 243 g/mol. The number of nitrogens with two attached hydrogens (primary N) is 1. The van der Waals surface area contributed by atoms with E-state index >= 15 is 0 Å². The van der Waals surface area contributed by atoms with E-state index in [1.807, 2.05) is 0 Å². The third-order valence-corrected chi connectivity index (χ3v) is 2.01. The number of alkyl halides is 3. The van der Waals surface area contributed by atoms with Gasteiger partial charge in [0.25, 0.3) is 0 Å². The molecule has 2 N–H and O–H groups in total. The molecule has 0 saturated heterocycles. The molecule has 8 heteroatoms. The molecule has 0 aliphatic heterocycles. The number of nitrogens with zero attached hydrogens (tertiary/aromatic N) is 2. The molecular formula is C8H6F3N3OS. The van der Waals surface area contributed by atoms with Crippen molar-refractivity contribution in [3.8, 4) is 0 Å². The van der Waals surface area contributed by atoms with Gasteiger partial charge >= 0.3 is 6.18 Å². The summed E-state index contributed by atoms with van der Waals surface area (Å²) in [6.07, 6.45) is -2.50. The van der Waals surface area contributed by atoms with Gasteiger partial charge in [0, 0.05) is 12.3 Å².